The van der Waals surface area contributed by atoms with Crippen molar-refractivity contribution in [2.75, 3.05) is 44.6 Å². The highest BCUT2D eigenvalue weighted by Crippen LogP contribution is 2.31. The highest BCUT2D eigenvalue weighted by molar-refractivity contribution is 6.30. The van der Waals surface area contributed by atoms with Crippen molar-refractivity contribution in [2.45, 2.75) is 52.0 Å². The number of halogens is 1. The fraction of sp³-hybridized carbons (Fsp3) is 0.452. The average molecular weight is 548 g/mol. The van der Waals surface area contributed by atoms with E-state index in [0.717, 1.165) is 74.8 Å². The highest BCUT2D eigenvalue weighted by Gasteiger charge is 2.20. The Bertz CT molecular complexity index is 1210. The maximum Gasteiger partial charge on any atom is 0.180 e. The van der Waals surface area contributed by atoms with Crippen molar-refractivity contribution in [1.82, 2.24) is 30.5 Å². The number of benzene rings is 1. The summed E-state index contributed by atoms with van der Waals surface area (Å²) in [5.41, 5.74) is 5.04. The van der Waals surface area contributed by atoms with Gasteiger partial charge < -0.3 is 20.9 Å². The molecular formula is C31H42ClN7. The van der Waals surface area contributed by atoms with Crippen molar-refractivity contribution < 1.29 is 0 Å². The standard InChI is InChI=1S/C31H42ClN7/c1-5-22(2)29-24(4)37-30(27-20-26(32)13-14-34-27)38-31(29)35-21-28(25-11-7-6-8-12-25)36-23(3)10-9-17-39-18-15-33-16-19-39/h6-8,11-14,20,22,28,33,36H,3,5,9-10,15-19,21H2,1-2,4H3,(H,35,37,38). The van der Waals surface area contributed by atoms with Crippen molar-refractivity contribution in [1.29, 1.82) is 0 Å². The number of nitrogens with one attached hydrogen (secondary N) is 3. The Kier molecular flexibility index (Phi) is 10.7. The Morgan fingerprint density at radius 3 is 2.64 bits per heavy atom. The van der Waals surface area contributed by atoms with E-state index in [1.807, 2.05) is 6.07 Å². The molecule has 0 bridgehead atoms. The normalized spacial score (nSPS) is 15.5. The summed E-state index contributed by atoms with van der Waals surface area (Å²) in [7, 11) is 0. The Balaban J connectivity index is 1.51. The van der Waals surface area contributed by atoms with Gasteiger partial charge in [0, 0.05) is 60.9 Å². The van der Waals surface area contributed by atoms with E-state index in [4.69, 9.17) is 21.6 Å². The third kappa shape index (κ3) is 8.24. The van der Waals surface area contributed by atoms with Gasteiger partial charge in [-0.2, -0.15) is 0 Å². The molecule has 2 unspecified atom stereocenters. The lowest BCUT2D eigenvalue weighted by molar-refractivity contribution is 0.238. The SMILES string of the molecule is C=C(CCCN1CCNCC1)NC(CNc1nc(-c2cc(Cl)ccn2)nc(C)c1C(C)CC)c1ccccc1. The summed E-state index contributed by atoms with van der Waals surface area (Å²) in [6.45, 7) is 17.0. The maximum atomic E-state index is 6.24. The van der Waals surface area contributed by atoms with Gasteiger partial charge in [-0.3, -0.25) is 4.98 Å². The number of anilines is 1. The highest BCUT2D eigenvalue weighted by atomic mass is 35.5. The Morgan fingerprint density at radius 1 is 1.15 bits per heavy atom. The van der Waals surface area contributed by atoms with Crippen molar-refractivity contribution in [2.24, 2.45) is 0 Å². The number of hydrogen-bond acceptors (Lipinski definition) is 7. The monoisotopic (exact) mass is 547 g/mol. The molecule has 4 rings (SSSR count). The second-order valence-corrected chi connectivity index (χ2v) is 10.8. The first kappa shape index (κ1) is 29.0. The molecule has 3 heterocycles. The van der Waals surface area contributed by atoms with Crippen LogP contribution < -0.4 is 16.0 Å². The molecule has 0 aliphatic carbocycles. The van der Waals surface area contributed by atoms with Gasteiger partial charge in [0.05, 0.1) is 6.04 Å². The van der Waals surface area contributed by atoms with Gasteiger partial charge >= 0.3 is 0 Å². The van der Waals surface area contributed by atoms with Crippen LogP contribution >= 0.6 is 11.6 Å². The fourth-order valence-electron chi connectivity index (χ4n) is 5.06. The van der Waals surface area contributed by atoms with Crippen LogP contribution in [0.3, 0.4) is 0 Å². The molecule has 0 radical (unpaired) electrons. The molecular weight excluding hydrogens is 506 g/mol. The lowest BCUT2D eigenvalue weighted by Gasteiger charge is -2.28. The maximum absolute atomic E-state index is 6.24. The van der Waals surface area contributed by atoms with Crippen LogP contribution in [-0.4, -0.2) is 59.1 Å². The number of piperazine rings is 1. The van der Waals surface area contributed by atoms with Gasteiger partial charge in [0.15, 0.2) is 5.82 Å². The molecule has 39 heavy (non-hydrogen) atoms. The Labute approximate surface area is 238 Å². The zero-order chi connectivity index (χ0) is 27.6. The van der Waals surface area contributed by atoms with E-state index in [9.17, 15) is 0 Å². The smallest absolute Gasteiger partial charge is 0.180 e. The van der Waals surface area contributed by atoms with Crippen LogP contribution in [0, 0.1) is 6.92 Å². The van der Waals surface area contributed by atoms with Crippen LogP contribution in [-0.2, 0) is 0 Å². The molecule has 8 heteroatoms. The van der Waals surface area contributed by atoms with E-state index in [1.54, 1.807) is 12.3 Å². The second-order valence-electron chi connectivity index (χ2n) is 10.4. The zero-order valence-electron chi connectivity index (χ0n) is 23.5. The molecule has 1 saturated heterocycles. The van der Waals surface area contributed by atoms with Crippen LogP contribution in [0.4, 0.5) is 5.82 Å². The molecule has 1 aliphatic heterocycles. The number of rotatable bonds is 13. The van der Waals surface area contributed by atoms with Gasteiger partial charge in [0.1, 0.15) is 11.5 Å². The number of nitrogens with zero attached hydrogens (tertiary/aromatic N) is 4. The van der Waals surface area contributed by atoms with E-state index in [2.05, 4.69) is 83.5 Å². The summed E-state index contributed by atoms with van der Waals surface area (Å²) in [5.74, 6) is 1.74. The minimum Gasteiger partial charge on any atom is -0.380 e. The van der Waals surface area contributed by atoms with Crippen molar-refractivity contribution in [3.8, 4) is 11.5 Å². The van der Waals surface area contributed by atoms with Crippen LogP contribution in [0.15, 0.2) is 60.9 Å². The molecule has 7 nitrogen and oxygen atoms in total. The van der Waals surface area contributed by atoms with Crippen LogP contribution in [0.5, 0.6) is 0 Å². The molecule has 1 aromatic carbocycles. The first-order chi connectivity index (χ1) is 18.9. The fourth-order valence-corrected chi connectivity index (χ4v) is 5.22. The van der Waals surface area contributed by atoms with Gasteiger partial charge in [0.25, 0.3) is 0 Å². The number of allylic oxidation sites excluding steroid dienone is 1. The van der Waals surface area contributed by atoms with Crippen molar-refractivity contribution in [3.63, 3.8) is 0 Å². The molecule has 0 amide bonds. The predicted molar refractivity (Wildman–Crippen MR) is 162 cm³/mol. The van der Waals surface area contributed by atoms with E-state index >= 15 is 0 Å². The van der Waals surface area contributed by atoms with Crippen molar-refractivity contribution in [3.05, 3.63) is 82.8 Å². The van der Waals surface area contributed by atoms with Gasteiger partial charge in [-0.25, -0.2) is 9.97 Å². The third-order valence-electron chi connectivity index (χ3n) is 7.41. The van der Waals surface area contributed by atoms with Crippen LogP contribution in [0.1, 0.15) is 61.9 Å². The van der Waals surface area contributed by atoms with E-state index < -0.39 is 0 Å². The van der Waals surface area contributed by atoms with Gasteiger partial charge in [-0.1, -0.05) is 62.4 Å². The largest absolute Gasteiger partial charge is 0.380 e. The van der Waals surface area contributed by atoms with E-state index in [1.165, 1.54) is 5.56 Å². The molecule has 2 aromatic heterocycles. The molecule has 3 aromatic rings. The lowest BCUT2D eigenvalue weighted by Crippen LogP contribution is -2.43. The Hall–Kier alpha value is -3.00. The summed E-state index contributed by atoms with van der Waals surface area (Å²) in [5, 5.41) is 11.4. The minimum atomic E-state index is 0.0469. The minimum absolute atomic E-state index is 0.0469. The first-order valence-electron chi connectivity index (χ1n) is 14.1. The number of pyridine rings is 1. The van der Waals surface area contributed by atoms with E-state index in [0.29, 0.717) is 29.0 Å². The summed E-state index contributed by atoms with van der Waals surface area (Å²) < 4.78 is 0. The average Bonchev–Trinajstić information content (AvgIpc) is 2.95. The zero-order valence-corrected chi connectivity index (χ0v) is 24.3. The van der Waals surface area contributed by atoms with E-state index in [-0.39, 0.29) is 6.04 Å². The number of aryl methyl sites for hydroxylation is 1. The van der Waals surface area contributed by atoms with Gasteiger partial charge in [0.2, 0.25) is 0 Å². The Morgan fingerprint density at radius 2 is 1.92 bits per heavy atom. The molecule has 3 N–H and O–H groups in total. The van der Waals surface area contributed by atoms with Crippen LogP contribution in [0.25, 0.3) is 11.5 Å². The second kappa shape index (κ2) is 14.4. The topological polar surface area (TPSA) is 78.0 Å². The van der Waals surface area contributed by atoms with Gasteiger partial charge in [-0.05, 0) is 56.3 Å². The third-order valence-corrected chi connectivity index (χ3v) is 7.64. The number of hydrogen-bond donors (Lipinski definition) is 3. The lowest BCUT2D eigenvalue weighted by atomic mass is 9.97. The first-order valence-corrected chi connectivity index (χ1v) is 14.5. The summed E-state index contributed by atoms with van der Waals surface area (Å²) >= 11 is 6.24. The molecule has 2 atom stereocenters. The molecule has 1 aliphatic rings. The molecule has 0 spiro atoms. The molecule has 208 valence electrons. The van der Waals surface area contributed by atoms with Crippen molar-refractivity contribution >= 4 is 17.4 Å². The number of aromatic nitrogens is 3. The summed E-state index contributed by atoms with van der Waals surface area (Å²) in [6.07, 6.45) is 4.73. The molecule has 0 saturated carbocycles. The summed E-state index contributed by atoms with van der Waals surface area (Å²) in [6, 6.07) is 14.2. The predicted octanol–water partition coefficient (Wildman–Crippen LogP) is 5.96. The van der Waals surface area contributed by atoms with Crippen LogP contribution in [0.2, 0.25) is 5.02 Å². The quantitative estimate of drug-likeness (QED) is 0.244. The molecule has 1 fully saturated rings. The van der Waals surface area contributed by atoms with Gasteiger partial charge in [-0.15, -0.1) is 0 Å². The summed E-state index contributed by atoms with van der Waals surface area (Å²) in [4.78, 5) is 16.8.